The molecule has 2 aliphatic heterocycles. The van der Waals surface area contributed by atoms with Gasteiger partial charge in [-0.25, -0.2) is 5.43 Å². The Hall–Kier alpha value is -1.98. The lowest BCUT2D eigenvalue weighted by molar-refractivity contribution is 0.390. The second kappa shape index (κ2) is 3.88. The van der Waals surface area contributed by atoms with Crippen LogP contribution in [0.3, 0.4) is 0 Å². The molecule has 0 unspecified atom stereocenters. The molecule has 3 rings (SSSR count). The largest absolute Gasteiger partial charge is 0.558 e. The van der Waals surface area contributed by atoms with Gasteiger partial charge in [0.1, 0.15) is 0 Å². The Bertz CT molecular complexity index is 445. The molecule has 7 heteroatoms. The quantitative estimate of drug-likeness (QED) is 0.698. The summed E-state index contributed by atoms with van der Waals surface area (Å²) in [4.78, 5) is 3.82. The fourth-order valence-electron chi connectivity index (χ4n) is 1.71. The van der Waals surface area contributed by atoms with Crippen LogP contribution < -0.4 is 5.43 Å². The Morgan fingerprint density at radius 3 is 3.06 bits per heavy atom. The van der Waals surface area contributed by atoms with Gasteiger partial charge in [0, 0.05) is 24.5 Å². The molecule has 1 aromatic heterocycles. The Labute approximate surface area is 93.6 Å². The Morgan fingerprint density at radius 1 is 1.44 bits per heavy atom. The summed E-state index contributed by atoms with van der Waals surface area (Å²) in [6, 6.07) is 1.89. The van der Waals surface area contributed by atoms with Gasteiger partial charge in [-0.05, 0) is 18.2 Å². The van der Waals surface area contributed by atoms with Crippen molar-refractivity contribution in [1.29, 1.82) is 0 Å². The molecule has 0 saturated heterocycles. The third kappa shape index (κ3) is 1.52. The van der Waals surface area contributed by atoms with Gasteiger partial charge in [0.25, 0.3) is 0 Å². The number of nitrogens with one attached hydrogen (secondary N) is 1. The average Bonchev–Trinajstić information content (AvgIpc) is 3.02. The zero-order valence-electron chi connectivity index (χ0n) is 8.56. The lowest BCUT2D eigenvalue weighted by Crippen LogP contribution is -2.56. The molecule has 1 N–H and O–H groups in total. The van der Waals surface area contributed by atoms with E-state index in [0.717, 1.165) is 6.54 Å². The van der Waals surface area contributed by atoms with Crippen LogP contribution in [-0.4, -0.2) is 39.1 Å². The topological polar surface area (TPSA) is 48.7 Å². The maximum atomic E-state index is 4.25. The van der Waals surface area contributed by atoms with Crippen molar-refractivity contribution in [3.8, 4) is 0 Å². The highest BCUT2D eigenvalue weighted by molar-refractivity contribution is 6.51. The highest BCUT2D eigenvalue weighted by Gasteiger charge is 2.35. The first-order valence-electron chi connectivity index (χ1n) is 5.03. The molecule has 0 atom stereocenters. The number of aromatic nitrogens is 2. The molecule has 0 spiro atoms. The second-order valence-electron chi connectivity index (χ2n) is 3.43. The molecule has 0 aromatic carbocycles. The molecule has 6 nitrogen and oxygen atoms in total. The maximum Gasteiger partial charge on any atom is 0.558 e. The van der Waals surface area contributed by atoms with Gasteiger partial charge in [-0.15, -0.1) is 5.10 Å². The lowest BCUT2D eigenvalue weighted by atomic mass is 9.92. The van der Waals surface area contributed by atoms with Crippen molar-refractivity contribution in [3.05, 3.63) is 43.4 Å². The molecule has 16 heavy (non-hydrogen) atoms. The number of hydrazine groups is 1. The first kappa shape index (κ1) is 9.27. The third-order valence-corrected chi connectivity index (χ3v) is 2.40. The van der Waals surface area contributed by atoms with E-state index >= 15 is 0 Å². The van der Waals surface area contributed by atoms with Gasteiger partial charge in [0.15, 0.2) is 0 Å². The predicted octanol–water partition coefficient (Wildman–Crippen LogP) is -0.332. The molecule has 0 saturated carbocycles. The van der Waals surface area contributed by atoms with E-state index in [9.17, 15) is 0 Å². The van der Waals surface area contributed by atoms with Crippen LogP contribution in [0.4, 0.5) is 0 Å². The first-order chi connectivity index (χ1) is 7.95. The lowest BCUT2D eigenvalue weighted by Gasteiger charge is -2.28. The van der Waals surface area contributed by atoms with E-state index in [4.69, 9.17) is 0 Å². The monoisotopic (exact) mass is 213 g/mol. The normalized spacial score (nSPS) is 17.8. The summed E-state index contributed by atoms with van der Waals surface area (Å²) in [5.41, 5.74) is 3.11. The zero-order valence-corrected chi connectivity index (χ0v) is 8.56. The van der Waals surface area contributed by atoms with Gasteiger partial charge >= 0.3 is 7.12 Å². The zero-order chi connectivity index (χ0) is 10.8. The van der Waals surface area contributed by atoms with E-state index in [-0.39, 0.29) is 7.12 Å². The fraction of sp³-hybridized carbons (Fsp3) is 0.111. The summed E-state index contributed by atoms with van der Waals surface area (Å²) in [7, 11) is -0.115. The van der Waals surface area contributed by atoms with Crippen molar-refractivity contribution in [2.75, 3.05) is 6.54 Å². The van der Waals surface area contributed by atoms with E-state index in [2.05, 4.69) is 21.5 Å². The van der Waals surface area contributed by atoms with Crippen molar-refractivity contribution in [2.45, 2.75) is 0 Å². The number of hydrogen-bond acceptors (Lipinski definition) is 5. The SMILES string of the molecule is C1=CCN(B(N2C=C[CH]N2)n2cccn2)N=1. The van der Waals surface area contributed by atoms with Gasteiger partial charge in [-0.1, -0.05) is 0 Å². The summed E-state index contributed by atoms with van der Waals surface area (Å²) >= 11 is 0. The van der Waals surface area contributed by atoms with Gasteiger partial charge in [0.2, 0.25) is 0 Å². The molecule has 1 radical (unpaired) electrons. The van der Waals surface area contributed by atoms with Crippen molar-refractivity contribution in [2.24, 2.45) is 5.10 Å². The molecule has 3 heterocycles. The van der Waals surface area contributed by atoms with E-state index in [1.54, 1.807) is 6.20 Å². The third-order valence-electron chi connectivity index (χ3n) is 2.40. The minimum absolute atomic E-state index is 0.115. The van der Waals surface area contributed by atoms with E-state index in [1.807, 2.05) is 51.6 Å². The highest BCUT2D eigenvalue weighted by atomic mass is 15.6. The van der Waals surface area contributed by atoms with Crippen LogP contribution in [0.1, 0.15) is 0 Å². The summed E-state index contributed by atoms with van der Waals surface area (Å²) in [5.74, 6) is 2.83. The summed E-state index contributed by atoms with van der Waals surface area (Å²) in [6.07, 6.45) is 9.43. The van der Waals surface area contributed by atoms with Crippen LogP contribution in [0.2, 0.25) is 0 Å². The summed E-state index contributed by atoms with van der Waals surface area (Å²) in [5, 5.41) is 8.42. The van der Waals surface area contributed by atoms with Crippen molar-refractivity contribution in [3.63, 3.8) is 0 Å². The summed E-state index contributed by atoms with van der Waals surface area (Å²) < 4.78 is 1.83. The number of hydrazone groups is 1. The Balaban J connectivity index is 1.88. The molecule has 0 aliphatic carbocycles. The molecule has 1 aromatic rings. The summed E-state index contributed by atoms with van der Waals surface area (Å²) in [6.45, 7) is 2.60. The van der Waals surface area contributed by atoms with Crippen LogP contribution in [0, 0.1) is 6.54 Å². The van der Waals surface area contributed by atoms with Crippen LogP contribution >= 0.6 is 0 Å². The smallest absolute Gasteiger partial charge is 0.313 e. The fourth-order valence-corrected chi connectivity index (χ4v) is 1.71. The highest BCUT2D eigenvalue weighted by Crippen LogP contribution is 2.09. The number of nitrogens with zero attached hydrogens (tertiary/aromatic N) is 5. The van der Waals surface area contributed by atoms with Gasteiger partial charge in [-0.2, -0.15) is 5.10 Å². The Morgan fingerprint density at radius 2 is 2.44 bits per heavy atom. The van der Waals surface area contributed by atoms with Crippen LogP contribution in [0.5, 0.6) is 0 Å². The minimum atomic E-state index is -0.115. The number of hydrogen-bond donors (Lipinski definition) is 1. The average molecular weight is 213 g/mol. The van der Waals surface area contributed by atoms with E-state index < -0.39 is 0 Å². The molecular formula is C9H10BN6. The van der Waals surface area contributed by atoms with Gasteiger partial charge < -0.3 is 4.92 Å². The van der Waals surface area contributed by atoms with Crippen molar-refractivity contribution in [1.82, 2.24) is 25.0 Å². The van der Waals surface area contributed by atoms with Crippen molar-refractivity contribution >= 4 is 13.0 Å². The minimum Gasteiger partial charge on any atom is -0.313 e. The van der Waals surface area contributed by atoms with Crippen LogP contribution in [0.15, 0.2) is 41.9 Å². The molecule has 0 amide bonds. The van der Waals surface area contributed by atoms with Gasteiger partial charge in [-0.3, -0.25) is 9.51 Å². The van der Waals surface area contributed by atoms with Crippen LogP contribution in [-0.2, 0) is 0 Å². The molecule has 2 aliphatic rings. The predicted molar refractivity (Wildman–Crippen MR) is 60.5 cm³/mol. The maximum absolute atomic E-state index is 4.25. The van der Waals surface area contributed by atoms with Crippen molar-refractivity contribution < 1.29 is 0 Å². The molecular weight excluding hydrogens is 203 g/mol. The molecule has 0 bridgehead atoms. The Kier molecular flexibility index (Phi) is 2.25. The first-order valence-corrected chi connectivity index (χ1v) is 5.03. The second-order valence-corrected chi connectivity index (χ2v) is 3.43. The van der Waals surface area contributed by atoms with E-state index in [0.29, 0.717) is 0 Å². The molecule has 0 fully saturated rings. The molecule has 79 valence electrons. The number of rotatable bonds is 3. The van der Waals surface area contributed by atoms with Crippen LogP contribution in [0.25, 0.3) is 0 Å². The van der Waals surface area contributed by atoms with Gasteiger partial charge in [0.05, 0.1) is 13.1 Å². The van der Waals surface area contributed by atoms with E-state index in [1.165, 1.54) is 0 Å². The standard InChI is InChI=1S/C9H10BN6/c1-4-11-14(7-1)10(15-8-2-5-12-15)16-9-3-6-13-16/h1-5,7-8,11H,9H2.